The van der Waals surface area contributed by atoms with Gasteiger partial charge in [-0.3, -0.25) is 9.69 Å². The summed E-state index contributed by atoms with van der Waals surface area (Å²) < 4.78 is 0. The lowest BCUT2D eigenvalue weighted by Crippen LogP contribution is -2.46. The molecule has 2 aromatic carbocycles. The highest BCUT2D eigenvalue weighted by molar-refractivity contribution is 5.76. The second-order valence-corrected chi connectivity index (χ2v) is 11.3. The van der Waals surface area contributed by atoms with Gasteiger partial charge in [0, 0.05) is 31.1 Å². The Bertz CT molecular complexity index is 992. The van der Waals surface area contributed by atoms with Crippen molar-refractivity contribution in [2.75, 3.05) is 19.6 Å². The highest BCUT2D eigenvalue weighted by atomic mass is 16.2. The van der Waals surface area contributed by atoms with Crippen LogP contribution >= 0.6 is 0 Å². The summed E-state index contributed by atoms with van der Waals surface area (Å²) >= 11 is 0. The number of likely N-dealkylation sites (tertiary alicyclic amines) is 2. The average molecular weight is 443 g/mol. The number of amides is 1. The van der Waals surface area contributed by atoms with E-state index in [4.69, 9.17) is 0 Å². The molecule has 33 heavy (non-hydrogen) atoms. The van der Waals surface area contributed by atoms with E-state index in [1.165, 1.54) is 55.3 Å². The molecule has 0 radical (unpaired) electrons. The third-order valence-electron chi connectivity index (χ3n) is 9.61. The van der Waals surface area contributed by atoms with E-state index in [-0.39, 0.29) is 5.41 Å². The fourth-order valence-corrected chi connectivity index (χ4v) is 7.41. The van der Waals surface area contributed by atoms with Crippen LogP contribution in [-0.2, 0) is 16.6 Å². The smallest absolute Gasteiger partial charge is 0.222 e. The molecular formula is C30H38N2O. The van der Waals surface area contributed by atoms with Crippen LogP contribution in [0, 0.1) is 12.8 Å². The first-order valence-electron chi connectivity index (χ1n) is 13.3. The van der Waals surface area contributed by atoms with E-state index in [0.29, 0.717) is 17.9 Å². The van der Waals surface area contributed by atoms with Gasteiger partial charge in [0.2, 0.25) is 5.91 Å². The maximum atomic E-state index is 13.0. The van der Waals surface area contributed by atoms with Crippen LogP contribution in [0.3, 0.4) is 0 Å². The third kappa shape index (κ3) is 3.83. The van der Waals surface area contributed by atoms with Gasteiger partial charge < -0.3 is 4.90 Å². The number of hydrogen-bond donors (Lipinski definition) is 0. The summed E-state index contributed by atoms with van der Waals surface area (Å²) in [4.78, 5) is 18.0. The van der Waals surface area contributed by atoms with Crippen molar-refractivity contribution in [3.8, 4) is 0 Å². The molecule has 2 aliphatic carbocycles. The molecule has 2 aromatic rings. The number of rotatable bonds is 7. The molecular weight excluding hydrogens is 404 g/mol. The Morgan fingerprint density at radius 3 is 2.48 bits per heavy atom. The molecule has 174 valence electrons. The molecule has 1 spiro atoms. The van der Waals surface area contributed by atoms with Crippen molar-refractivity contribution in [3.05, 3.63) is 71.3 Å². The van der Waals surface area contributed by atoms with Crippen molar-refractivity contribution in [1.29, 1.82) is 0 Å². The molecule has 0 aromatic heterocycles. The molecule has 6 rings (SSSR count). The molecule has 4 aliphatic rings. The minimum atomic E-state index is 0.224. The predicted molar refractivity (Wildman–Crippen MR) is 133 cm³/mol. The molecule has 0 bridgehead atoms. The number of carbonyl (C=O) groups excluding carboxylic acids is 1. The standard InChI is InChI=1S/C30H38N2O/c1-23-10-12-24(13-11-23)14-15-28(33)31-19-16-29(17-20-31,25-6-3-2-4-7-25)18-21-32-27-9-5-8-26-22-30(26,27)32/h2-4,6-7,10-13,26-27H,5,8-9,14-22H2,1H3. The first-order chi connectivity index (χ1) is 16.1. The van der Waals surface area contributed by atoms with E-state index in [9.17, 15) is 4.79 Å². The van der Waals surface area contributed by atoms with Crippen molar-refractivity contribution >= 4 is 5.91 Å². The summed E-state index contributed by atoms with van der Waals surface area (Å²) in [5.74, 6) is 1.34. The summed E-state index contributed by atoms with van der Waals surface area (Å²) in [6, 6.07) is 20.7. The summed E-state index contributed by atoms with van der Waals surface area (Å²) in [6.07, 6.45) is 10.7. The topological polar surface area (TPSA) is 23.3 Å². The van der Waals surface area contributed by atoms with Gasteiger partial charge in [0.1, 0.15) is 0 Å². The Hall–Kier alpha value is -2.13. The van der Waals surface area contributed by atoms with E-state index >= 15 is 0 Å². The highest BCUT2D eigenvalue weighted by Gasteiger charge is 2.76. The Balaban J connectivity index is 1.09. The number of aryl methyl sites for hydroxylation is 2. The zero-order valence-corrected chi connectivity index (χ0v) is 20.1. The molecule has 1 amide bonds. The van der Waals surface area contributed by atoms with Crippen molar-refractivity contribution in [2.24, 2.45) is 5.92 Å². The van der Waals surface area contributed by atoms with Crippen LogP contribution < -0.4 is 0 Å². The van der Waals surface area contributed by atoms with Gasteiger partial charge in [-0.15, -0.1) is 0 Å². The van der Waals surface area contributed by atoms with Crippen LogP contribution in [-0.4, -0.2) is 46.9 Å². The maximum Gasteiger partial charge on any atom is 0.222 e. The molecule has 3 heteroatoms. The van der Waals surface area contributed by atoms with Crippen LogP contribution in [0.25, 0.3) is 0 Å². The Labute approximate surface area is 199 Å². The number of hydrogen-bond acceptors (Lipinski definition) is 2. The monoisotopic (exact) mass is 442 g/mol. The van der Waals surface area contributed by atoms with E-state index < -0.39 is 0 Å². The number of carbonyl (C=O) groups is 1. The molecule has 4 unspecified atom stereocenters. The zero-order valence-electron chi connectivity index (χ0n) is 20.1. The van der Waals surface area contributed by atoms with Crippen LogP contribution in [0.5, 0.6) is 0 Å². The summed E-state index contributed by atoms with van der Waals surface area (Å²) in [7, 11) is 0. The lowest BCUT2D eigenvalue weighted by molar-refractivity contribution is -0.132. The Morgan fingerprint density at radius 1 is 1.00 bits per heavy atom. The Kier molecular flexibility index (Phi) is 5.36. The third-order valence-corrected chi connectivity index (χ3v) is 9.61. The zero-order chi connectivity index (χ0) is 22.5. The summed E-state index contributed by atoms with van der Waals surface area (Å²) in [5, 5.41) is 0. The fourth-order valence-electron chi connectivity index (χ4n) is 7.41. The average Bonchev–Trinajstić information content (AvgIpc) is 3.75. The lowest BCUT2D eigenvalue weighted by Gasteiger charge is -2.43. The maximum absolute atomic E-state index is 13.0. The molecule has 3 nitrogen and oxygen atoms in total. The number of nitrogens with zero attached hydrogens (tertiary/aromatic N) is 2. The number of piperidine rings is 1. The minimum Gasteiger partial charge on any atom is -0.343 e. The van der Waals surface area contributed by atoms with Gasteiger partial charge in [0.05, 0.1) is 0 Å². The number of benzene rings is 2. The van der Waals surface area contributed by atoms with Gasteiger partial charge in [-0.1, -0.05) is 66.6 Å². The van der Waals surface area contributed by atoms with Crippen molar-refractivity contribution in [1.82, 2.24) is 9.80 Å². The molecule has 2 aliphatic heterocycles. The highest BCUT2D eigenvalue weighted by Crippen LogP contribution is 2.70. The van der Waals surface area contributed by atoms with Crippen molar-refractivity contribution < 1.29 is 4.79 Å². The molecule has 2 saturated heterocycles. The predicted octanol–water partition coefficient (Wildman–Crippen LogP) is 5.50. The molecule has 2 heterocycles. The van der Waals surface area contributed by atoms with E-state index in [1.54, 1.807) is 0 Å². The van der Waals surface area contributed by atoms with Crippen LogP contribution in [0.1, 0.15) is 68.1 Å². The normalized spacial score (nSPS) is 31.4. The molecule has 4 fully saturated rings. The lowest BCUT2D eigenvalue weighted by atomic mass is 9.70. The quantitative estimate of drug-likeness (QED) is 0.528. The largest absolute Gasteiger partial charge is 0.343 e. The molecule has 2 saturated carbocycles. The van der Waals surface area contributed by atoms with Crippen LogP contribution in [0.2, 0.25) is 0 Å². The first kappa shape index (κ1) is 21.4. The Morgan fingerprint density at radius 2 is 1.76 bits per heavy atom. The summed E-state index contributed by atoms with van der Waals surface area (Å²) in [6.45, 7) is 5.16. The van der Waals surface area contributed by atoms with Gasteiger partial charge in [0.15, 0.2) is 0 Å². The van der Waals surface area contributed by atoms with Crippen LogP contribution in [0.15, 0.2) is 54.6 Å². The van der Waals surface area contributed by atoms with E-state index in [1.807, 2.05) is 0 Å². The first-order valence-corrected chi connectivity index (χ1v) is 13.3. The van der Waals surface area contributed by atoms with E-state index in [0.717, 1.165) is 44.3 Å². The van der Waals surface area contributed by atoms with Crippen molar-refractivity contribution in [3.63, 3.8) is 0 Å². The second kappa shape index (κ2) is 8.27. The molecule has 0 N–H and O–H groups in total. The van der Waals surface area contributed by atoms with Gasteiger partial charge in [-0.05, 0) is 80.9 Å². The van der Waals surface area contributed by atoms with Crippen LogP contribution in [0.4, 0.5) is 0 Å². The van der Waals surface area contributed by atoms with Gasteiger partial charge in [-0.25, -0.2) is 0 Å². The fraction of sp³-hybridized carbons (Fsp3) is 0.567. The SMILES string of the molecule is Cc1ccc(CCC(=O)N2CCC(CCN3C4CCCC5CC543)(c3ccccc3)CC2)cc1. The second-order valence-electron chi connectivity index (χ2n) is 11.3. The summed E-state index contributed by atoms with van der Waals surface area (Å²) in [5.41, 5.74) is 4.90. The van der Waals surface area contributed by atoms with Crippen molar-refractivity contribution in [2.45, 2.75) is 81.7 Å². The van der Waals surface area contributed by atoms with Gasteiger partial charge >= 0.3 is 0 Å². The van der Waals surface area contributed by atoms with Gasteiger partial charge in [0.25, 0.3) is 0 Å². The van der Waals surface area contributed by atoms with Gasteiger partial charge in [-0.2, -0.15) is 0 Å². The molecule has 4 atom stereocenters. The minimum absolute atomic E-state index is 0.224. The van der Waals surface area contributed by atoms with E-state index in [2.05, 4.69) is 71.3 Å².